The zero-order valence-corrected chi connectivity index (χ0v) is 19.6. The van der Waals surface area contributed by atoms with Crippen LogP contribution in [-0.4, -0.2) is 36.1 Å². The first-order chi connectivity index (χ1) is 16.7. The van der Waals surface area contributed by atoms with Crippen LogP contribution < -0.4 is 9.47 Å². The number of benzene rings is 3. The normalized spacial score (nSPS) is 24.7. The van der Waals surface area contributed by atoms with Crippen molar-refractivity contribution in [3.8, 4) is 11.5 Å². The number of pyridine rings is 1. The van der Waals surface area contributed by atoms with Gasteiger partial charge in [-0.1, -0.05) is 42.5 Å². The predicted octanol–water partition coefficient (Wildman–Crippen LogP) is 6.41. The van der Waals surface area contributed by atoms with Crippen LogP contribution >= 0.6 is 0 Å². The summed E-state index contributed by atoms with van der Waals surface area (Å²) < 4.78 is 12.6. The highest BCUT2D eigenvalue weighted by molar-refractivity contribution is 5.88. The number of aromatic nitrogens is 1. The molecular formula is C30H30N2O2. The van der Waals surface area contributed by atoms with E-state index in [4.69, 9.17) is 9.47 Å². The van der Waals surface area contributed by atoms with E-state index in [1.807, 2.05) is 18.3 Å². The van der Waals surface area contributed by atoms with Crippen LogP contribution in [0.5, 0.6) is 11.5 Å². The van der Waals surface area contributed by atoms with Crippen LogP contribution in [0.15, 0.2) is 85.6 Å². The van der Waals surface area contributed by atoms with E-state index in [-0.39, 0.29) is 6.10 Å². The Balaban J connectivity index is 1.49. The third-order valence-corrected chi connectivity index (χ3v) is 7.80. The molecule has 5 atom stereocenters. The Kier molecular flexibility index (Phi) is 5.46. The average molecular weight is 451 g/mol. The van der Waals surface area contributed by atoms with Gasteiger partial charge in [0.25, 0.3) is 0 Å². The van der Waals surface area contributed by atoms with Crippen molar-refractivity contribution in [1.82, 2.24) is 9.88 Å². The van der Waals surface area contributed by atoms with Gasteiger partial charge in [0.1, 0.15) is 17.6 Å². The first-order valence-corrected chi connectivity index (χ1v) is 12.2. The van der Waals surface area contributed by atoms with E-state index in [0.717, 1.165) is 47.3 Å². The van der Waals surface area contributed by atoms with Crippen molar-refractivity contribution in [2.45, 2.75) is 25.0 Å². The second-order valence-corrected chi connectivity index (χ2v) is 9.55. The lowest BCUT2D eigenvalue weighted by Gasteiger charge is -2.51. The molecule has 3 fully saturated rings. The second kappa shape index (κ2) is 8.77. The molecule has 2 bridgehead atoms. The summed E-state index contributed by atoms with van der Waals surface area (Å²) >= 11 is 0. The van der Waals surface area contributed by atoms with Crippen LogP contribution in [0.25, 0.3) is 21.7 Å². The van der Waals surface area contributed by atoms with Gasteiger partial charge in [0.05, 0.1) is 18.7 Å². The van der Waals surface area contributed by atoms with Crippen molar-refractivity contribution >= 4 is 21.7 Å². The minimum atomic E-state index is -0.114. The van der Waals surface area contributed by atoms with E-state index in [9.17, 15) is 0 Å². The summed E-state index contributed by atoms with van der Waals surface area (Å²) in [5.41, 5.74) is 2.13. The third-order valence-electron chi connectivity index (χ3n) is 7.80. The number of hydrogen-bond acceptors (Lipinski definition) is 4. The van der Waals surface area contributed by atoms with Gasteiger partial charge >= 0.3 is 0 Å². The average Bonchev–Trinajstić information content (AvgIpc) is 2.91. The second-order valence-electron chi connectivity index (χ2n) is 9.55. The summed E-state index contributed by atoms with van der Waals surface area (Å²) in [7, 11) is 1.71. The molecule has 34 heavy (non-hydrogen) atoms. The molecule has 0 saturated carbocycles. The van der Waals surface area contributed by atoms with Crippen molar-refractivity contribution < 1.29 is 9.47 Å². The monoisotopic (exact) mass is 450 g/mol. The first-order valence-electron chi connectivity index (χ1n) is 12.2. The molecule has 3 aromatic carbocycles. The molecule has 0 N–H and O–H groups in total. The topological polar surface area (TPSA) is 34.6 Å². The summed E-state index contributed by atoms with van der Waals surface area (Å²) in [4.78, 5) is 7.26. The van der Waals surface area contributed by atoms with Gasteiger partial charge < -0.3 is 9.47 Å². The highest BCUT2D eigenvalue weighted by Gasteiger charge is 2.44. The maximum atomic E-state index is 7.02. The highest BCUT2D eigenvalue weighted by atomic mass is 16.5. The molecular weight excluding hydrogens is 420 g/mol. The van der Waals surface area contributed by atoms with Crippen LogP contribution in [0.3, 0.4) is 0 Å². The first kappa shape index (κ1) is 21.2. The van der Waals surface area contributed by atoms with E-state index in [2.05, 4.69) is 77.1 Å². The summed E-state index contributed by atoms with van der Waals surface area (Å²) in [5, 5.41) is 3.43. The van der Waals surface area contributed by atoms with Crippen LogP contribution in [-0.2, 0) is 0 Å². The number of rotatable bonds is 6. The maximum absolute atomic E-state index is 7.02. The largest absolute Gasteiger partial charge is 0.497 e. The lowest BCUT2D eigenvalue weighted by atomic mass is 9.73. The molecule has 3 saturated heterocycles. The zero-order valence-electron chi connectivity index (χ0n) is 19.6. The van der Waals surface area contributed by atoms with Gasteiger partial charge in [-0.05, 0) is 66.9 Å². The molecule has 3 aliphatic heterocycles. The van der Waals surface area contributed by atoms with Gasteiger partial charge in [0.2, 0.25) is 0 Å². The Labute approximate surface area is 200 Å². The smallest absolute Gasteiger partial charge is 0.140 e. The third kappa shape index (κ3) is 3.63. The molecule has 0 radical (unpaired) electrons. The van der Waals surface area contributed by atoms with E-state index < -0.39 is 0 Å². The van der Waals surface area contributed by atoms with Gasteiger partial charge in [-0.15, -0.1) is 6.58 Å². The molecule has 4 heterocycles. The minimum absolute atomic E-state index is 0.114. The van der Waals surface area contributed by atoms with Crippen molar-refractivity contribution in [2.75, 3.05) is 20.2 Å². The molecule has 4 nitrogen and oxygen atoms in total. The van der Waals surface area contributed by atoms with Gasteiger partial charge in [-0.3, -0.25) is 9.88 Å². The van der Waals surface area contributed by atoms with Crippen LogP contribution in [0.1, 0.15) is 24.5 Å². The summed E-state index contributed by atoms with van der Waals surface area (Å²) in [6.45, 7) is 6.28. The molecule has 0 amide bonds. The van der Waals surface area contributed by atoms with E-state index >= 15 is 0 Å². The van der Waals surface area contributed by atoms with Gasteiger partial charge in [0.15, 0.2) is 0 Å². The Morgan fingerprint density at radius 1 is 1.06 bits per heavy atom. The number of hydrogen-bond donors (Lipinski definition) is 0. The highest BCUT2D eigenvalue weighted by Crippen LogP contribution is 2.44. The van der Waals surface area contributed by atoms with E-state index in [1.54, 1.807) is 7.11 Å². The molecule has 0 aliphatic carbocycles. The predicted molar refractivity (Wildman–Crippen MR) is 137 cm³/mol. The standard InChI is InChI=1S/C30H30N2O2/c1-3-20-19-32-16-14-22(20)17-28(32)30(34-29-10-6-8-21-7-4-5-9-24(21)29)25-13-15-31-27-12-11-23(33-2)18-26(25)27/h3-13,15,18,20,22,28,30H,1,14,16-17,19H2,2H3/t20-,22-,28-,30+/m0/s1. The molecule has 4 aromatic rings. The minimum Gasteiger partial charge on any atom is -0.497 e. The molecule has 7 rings (SSSR count). The van der Waals surface area contributed by atoms with Crippen molar-refractivity contribution in [2.24, 2.45) is 11.8 Å². The van der Waals surface area contributed by atoms with Crippen molar-refractivity contribution in [3.05, 3.63) is 91.1 Å². The quantitative estimate of drug-likeness (QED) is 0.318. The van der Waals surface area contributed by atoms with E-state index in [0.29, 0.717) is 17.9 Å². The fourth-order valence-electron chi connectivity index (χ4n) is 6.00. The number of ether oxygens (including phenoxy) is 2. The van der Waals surface area contributed by atoms with Crippen LogP contribution in [0.4, 0.5) is 0 Å². The van der Waals surface area contributed by atoms with Crippen molar-refractivity contribution in [3.63, 3.8) is 0 Å². The summed E-state index contributed by atoms with van der Waals surface area (Å²) in [5.74, 6) is 2.99. The van der Waals surface area contributed by atoms with Crippen LogP contribution in [0, 0.1) is 11.8 Å². The van der Waals surface area contributed by atoms with E-state index in [1.165, 1.54) is 17.4 Å². The molecule has 3 aliphatic rings. The number of fused-ring (bicyclic) bond motifs is 5. The Morgan fingerprint density at radius 3 is 2.76 bits per heavy atom. The maximum Gasteiger partial charge on any atom is 0.140 e. The van der Waals surface area contributed by atoms with Crippen molar-refractivity contribution in [1.29, 1.82) is 0 Å². The van der Waals surface area contributed by atoms with Crippen LogP contribution in [0.2, 0.25) is 0 Å². The summed E-state index contributed by atoms with van der Waals surface area (Å²) in [6.07, 6.45) is 6.29. The molecule has 1 unspecified atom stereocenters. The number of methoxy groups -OCH3 is 1. The molecule has 4 heteroatoms. The molecule has 172 valence electrons. The van der Waals surface area contributed by atoms with Gasteiger partial charge in [-0.25, -0.2) is 0 Å². The Morgan fingerprint density at radius 2 is 1.94 bits per heavy atom. The van der Waals surface area contributed by atoms with Gasteiger partial charge in [-0.2, -0.15) is 0 Å². The fraction of sp³-hybridized carbons (Fsp3) is 0.300. The SMILES string of the molecule is C=C[C@H]1CN2CC[C@H]1C[C@H]2[C@H](Oc1cccc2ccccc12)c1ccnc2ccc(OC)cc12. The Hall–Kier alpha value is -3.37. The van der Waals surface area contributed by atoms with Gasteiger partial charge in [0, 0.05) is 29.1 Å². The zero-order chi connectivity index (χ0) is 23.1. The number of piperidine rings is 3. The summed E-state index contributed by atoms with van der Waals surface area (Å²) in [6, 6.07) is 23.3. The Bertz CT molecular complexity index is 1340. The lowest BCUT2D eigenvalue weighted by molar-refractivity contribution is -0.0353. The fourth-order valence-corrected chi connectivity index (χ4v) is 6.00. The lowest BCUT2D eigenvalue weighted by Crippen LogP contribution is -2.55. The molecule has 0 spiro atoms. The number of nitrogens with zero attached hydrogens (tertiary/aromatic N) is 2. The molecule has 1 aromatic heterocycles.